The number of hydrogen-bond donors (Lipinski definition) is 0. The number of β-lactam (4-membered cyclic amide) rings is 1. The van der Waals surface area contributed by atoms with Crippen LogP contribution in [-0.2, 0) is 25.1 Å². The maximum absolute atomic E-state index is 11.4. The molecule has 0 saturated carbocycles. The maximum atomic E-state index is 11.4. The number of fused-ring (bicyclic) bond motifs is 1. The van der Waals surface area contributed by atoms with Crippen molar-refractivity contribution in [2.75, 3.05) is 12.9 Å². The second-order valence-electron chi connectivity index (χ2n) is 3.05. The first-order chi connectivity index (χ1) is 6.65. The second-order valence-corrected chi connectivity index (χ2v) is 4.69. The number of hydrogen-bond acceptors (Lipinski definition) is 4. The molecule has 1 unspecified atom stereocenters. The van der Waals surface area contributed by atoms with E-state index in [0.29, 0.717) is 5.75 Å². The van der Waals surface area contributed by atoms with Gasteiger partial charge in [0.2, 0.25) is 5.91 Å². The van der Waals surface area contributed by atoms with E-state index in [4.69, 9.17) is 0 Å². The predicted molar refractivity (Wildman–Crippen MR) is 48.4 cm³/mol. The number of carbonyl (C=O) groups is 2. The van der Waals surface area contributed by atoms with E-state index in [0.717, 1.165) is 0 Å². The van der Waals surface area contributed by atoms with E-state index < -0.39 is 16.8 Å². The zero-order valence-electron chi connectivity index (χ0n) is 7.56. The van der Waals surface area contributed by atoms with Gasteiger partial charge in [-0.15, -0.1) is 0 Å². The predicted octanol–water partition coefficient (Wildman–Crippen LogP) is -0.636. The highest BCUT2D eigenvalue weighted by molar-refractivity contribution is 7.86. The van der Waals surface area contributed by atoms with Crippen LogP contribution in [0, 0.1) is 0 Å². The van der Waals surface area contributed by atoms with Gasteiger partial charge in [0.25, 0.3) is 0 Å². The Balaban J connectivity index is 2.29. The molecule has 2 atom stereocenters. The zero-order valence-corrected chi connectivity index (χ0v) is 8.37. The first-order valence-corrected chi connectivity index (χ1v) is 5.51. The summed E-state index contributed by atoms with van der Waals surface area (Å²) in [6, 6.07) is 0. The summed E-state index contributed by atoms with van der Waals surface area (Å²) in [7, 11) is 0.191. The average molecular weight is 215 g/mol. The molecule has 0 aromatic rings. The number of nitrogens with zero attached hydrogens (tertiary/aromatic N) is 1. The Labute approximate surface area is 83.2 Å². The molecular weight excluding hydrogens is 206 g/mol. The quantitative estimate of drug-likeness (QED) is 0.431. The monoisotopic (exact) mass is 215 g/mol. The van der Waals surface area contributed by atoms with Gasteiger partial charge in [0, 0.05) is 16.6 Å². The van der Waals surface area contributed by atoms with E-state index in [9.17, 15) is 13.8 Å². The lowest BCUT2D eigenvalue weighted by molar-refractivity contribution is -0.147. The Kier molecular flexibility index (Phi) is 2.14. The van der Waals surface area contributed by atoms with Crippen LogP contribution in [0.1, 0.15) is 6.42 Å². The van der Waals surface area contributed by atoms with Gasteiger partial charge in [-0.2, -0.15) is 0 Å². The van der Waals surface area contributed by atoms with Gasteiger partial charge in [-0.3, -0.25) is 13.9 Å². The minimum atomic E-state index is -1.07. The molecule has 0 bridgehead atoms. The van der Waals surface area contributed by atoms with Gasteiger partial charge in [-0.1, -0.05) is 0 Å². The van der Waals surface area contributed by atoms with E-state index in [1.807, 2.05) is 0 Å². The van der Waals surface area contributed by atoms with Crippen LogP contribution in [0.4, 0.5) is 0 Å². The van der Waals surface area contributed by atoms with Gasteiger partial charge in [-0.25, -0.2) is 4.79 Å². The fourth-order valence-corrected chi connectivity index (χ4v) is 2.88. The van der Waals surface area contributed by atoms with Gasteiger partial charge >= 0.3 is 5.97 Å². The third kappa shape index (κ3) is 1.18. The van der Waals surface area contributed by atoms with Crippen molar-refractivity contribution in [3.05, 3.63) is 11.8 Å². The summed E-state index contributed by atoms with van der Waals surface area (Å²) in [6.07, 6.45) is 1.76. The van der Waals surface area contributed by atoms with Crippen LogP contribution >= 0.6 is 0 Å². The number of methoxy groups -OCH3 is 1. The molecule has 0 spiro atoms. The van der Waals surface area contributed by atoms with Crippen molar-refractivity contribution in [3.8, 4) is 0 Å². The van der Waals surface area contributed by atoms with Crippen LogP contribution in [0.3, 0.4) is 0 Å². The normalized spacial score (nSPS) is 30.2. The Hall–Kier alpha value is -1.17. The van der Waals surface area contributed by atoms with Crippen LogP contribution in [-0.4, -0.2) is 39.2 Å². The molecule has 0 radical (unpaired) electrons. The van der Waals surface area contributed by atoms with E-state index in [-0.39, 0.29) is 23.4 Å². The molecular formula is C8H9NO4S. The molecule has 0 aromatic carbocycles. The van der Waals surface area contributed by atoms with Crippen LogP contribution in [0.15, 0.2) is 11.8 Å². The number of esters is 1. The van der Waals surface area contributed by atoms with E-state index in [1.54, 1.807) is 0 Å². The first kappa shape index (κ1) is 9.39. The van der Waals surface area contributed by atoms with Gasteiger partial charge in [0.15, 0.2) is 0 Å². The van der Waals surface area contributed by atoms with Crippen molar-refractivity contribution in [1.82, 2.24) is 4.90 Å². The molecule has 6 heteroatoms. The summed E-state index contributed by atoms with van der Waals surface area (Å²) >= 11 is 0. The molecule has 0 aromatic heterocycles. The number of amides is 1. The van der Waals surface area contributed by atoms with Gasteiger partial charge < -0.3 is 4.74 Å². The van der Waals surface area contributed by atoms with Crippen LogP contribution in [0.2, 0.25) is 0 Å². The van der Waals surface area contributed by atoms with Crippen molar-refractivity contribution >= 4 is 22.7 Å². The molecule has 1 amide bonds. The van der Waals surface area contributed by atoms with Crippen LogP contribution in [0.5, 0.6) is 0 Å². The molecule has 0 N–H and O–H groups in total. The summed E-state index contributed by atoms with van der Waals surface area (Å²) in [5.74, 6) is -0.391. The fourth-order valence-electron chi connectivity index (χ4n) is 1.54. The molecule has 2 aliphatic heterocycles. The summed E-state index contributed by atoms with van der Waals surface area (Å²) in [6.45, 7) is 0. The first-order valence-electron chi connectivity index (χ1n) is 4.13. The highest BCUT2D eigenvalue weighted by Crippen LogP contribution is 2.31. The molecule has 0 aliphatic carbocycles. The molecule has 2 heterocycles. The number of ether oxygens (including phenoxy) is 1. The van der Waals surface area contributed by atoms with E-state index in [2.05, 4.69) is 4.74 Å². The highest BCUT2D eigenvalue weighted by atomic mass is 32.2. The Bertz CT molecular complexity index is 362. The molecule has 1 saturated heterocycles. The molecule has 2 aliphatic rings. The minimum Gasteiger partial charge on any atom is -0.464 e. The third-order valence-electron chi connectivity index (χ3n) is 2.30. The Morgan fingerprint density at radius 2 is 2.43 bits per heavy atom. The van der Waals surface area contributed by atoms with Crippen molar-refractivity contribution in [1.29, 1.82) is 0 Å². The average Bonchev–Trinajstić information content (AvgIpc) is 2.17. The van der Waals surface area contributed by atoms with Gasteiger partial charge in [0.05, 0.1) is 13.5 Å². The number of rotatable bonds is 1. The van der Waals surface area contributed by atoms with Crippen molar-refractivity contribution in [2.45, 2.75) is 11.8 Å². The topological polar surface area (TPSA) is 63.7 Å². The summed E-state index contributed by atoms with van der Waals surface area (Å²) in [5.41, 5.74) is 0.230. The van der Waals surface area contributed by atoms with Crippen molar-refractivity contribution < 1.29 is 18.5 Å². The molecule has 2 rings (SSSR count). The fraction of sp³-hybridized carbons (Fsp3) is 0.500. The third-order valence-corrected chi connectivity index (χ3v) is 3.78. The van der Waals surface area contributed by atoms with Crippen LogP contribution in [0.25, 0.3) is 0 Å². The van der Waals surface area contributed by atoms with E-state index >= 15 is 0 Å². The second kappa shape index (κ2) is 3.20. The smallest absolute Gasteiger partial charge is 0.354 e. The molecule has 5 nitrogen and oxygen atoms in total. The zero-order chi connectivity index (χ0) is 10.3. The lowest BCUT2D eigenvalue weighted by atomic mass is 10.1. The number of carbonyl (C=O) groups excluding carboxylic acids is 2. The summed E-state index contributed by atoms with van der Waals surface area (Å²) in [5, 5.41) is -0.318. The lowest BCUT2D eigenvalue weighted by Crippen LogP contribution is -2.57. The molecule has 14 heavy (non-hydrogen) atoms. The highest BCUT2D eigenvalue weighted by Gasteiger charge is 2.46. The van der Waals surface area contributed by atoms with Crippen LogP contribution < -0.4 is 0 Å². The van der Waals surface area contributed by atoms with Gasteiger partial charge in [-0.05, 0) is 6.08 Å². The molecule has 1 fully saturated rings. The maximum Gasteiger partial charge on any atom is 0.354 e. The largest absolute Gasteiger partial charge is 0.464 e. The van der Waals surface area contributed by atoms with Gasteiger partial charge in [0.1, 0.15) is 11.1 Å². The van der Waals surface area contributed by atoms with E-state index in [1.165, 1.54) is 18.1 Å². The SMILES string of the molecule is COC(=O)C1=CCS(=O)[C@@H]2CC(=O)N12. The summed E-state index contributed by atoms with van der Waals surface area (Å²) in [4.78, 5) is 23.7. The Morgan fingerprint density at radius 1 is 1.71 bits per heavy atom. The molecule has 76 valence electrons. The van der Waals surface area contributed by atoms with Crippen molar-refractivity contribution in [3.63, 3.8) is 0 Å². The lowest BCUT2D eigenvalue weighted by Gasteiger charge is -2.41. The standard InChI is InChI=1S/C8H9NO4S/c1-13-8(11)5-2-3-14(12)7-4-6(10)9(5)7/h2,7H,3-4H2,1H3/t7-,14?/m1/s1. The summed E-state index contributed by atoms with van der Waals surface area (Å²) < 4.78 is 15.9. The Morgan fingerprint density at radius 3 is 3.00 bits per heavy atom. The minimum absolute atomic E-state index is 0.167. The van der Waals surface area contributed by atoms with Crippen molar-refractivity contribution in [2.24, 2.45) is 0 Å².